The molecule has 0 aliphatic rings. The fourth-order valence-corrected chi connectivity index (χ4v) is 4.25. The summed E-state index contributed by atoms with van der Waals surface area (Å²) in [5.41, 5.74) is 4.46. The van der Waals surface area contributed by atoms with Crippen LogP contribution in [0.1, 0.15) is 5.56 Å². The van der Waals surface area contributed by atoms with Gasteiger partial charge in [0.1, 0.15) is 5.75 Å². The highest BCUT2D eigenvalue weighted by Gasteiger charge is 2.21. The number of carbonyl (C=O) groups excluding carboxylic acids is 1. The molecule has 0 radical (unpaired) electrons. The highest BCUT2D eigenvalue weighted by molar-refractivity contribution is 7.99. The SMILES string of the molecule is COc1cc(-c2nnc(SCC(=O)NN=Cc3ccccc3O)n2-c2ccccc2)cc(OC)c1OC. The summed E-state index contributed by atoms with van der Waals surface area (Å²) in [5.74, 6) is 1.74. The van der Waals surface area contributed by atoms with E-state index in [0.717, 1.165) is 5.69 Å². The molecule has 1 aromatic heterocycles. The second-order valence-electron chi connectivity index (χ2n) is 7.53. The van der Waals surface area contributed by atoms with E-state index in [4.69, 9.17) is 14.2 Å². The normalized spacial score (nSPS) is 10.9. The first-order valence-electron chi connectivity index (χ1n) is 11.1. The Bertz CT molecular complexity index is 1380. The van der Waals surface area contributed by atoms with E-state index >= 15 is 0 Å². The third kappa shape index (κ3) is 5.84. The molecule has 0 fully saturated rings. The van der Waals surface area contributed by atoms with Crippen molar-refractivity contribution in [3.05, 3.63) is 72.3 Å². The van der Waals surface area contributed by atoms with E-state index in [0.29, 0.717) is 39.4 Å². The van der Waals surface area contributed by atoms with Crippen molar-refractivity contribution in [1.29, 1.82) is 0 Å². The number of phenolic OH excluding ortho intramolecular Hbond substituents is 1. The van der Waals surface area contributed by atoms with Gasteiger partial charge in [0.15, 0.2) is 22.5 Å². The van der Waals surface area contributed by atoms with Gasteiger partial charge in [-0.25, -0.2) is 5.43 Å². The molecule has 2 N–H and O–H groups in total. The summed E-state index contributed by atoms with van der Waals surface area (Å²) < 4.78 is 18.3. The number of hydrazone groups is 1. The summed E-state index contributed by atoms with van der Waals surface area (Å²) in [6.07, 6.45) is 1.38. The van der Waals surface area contributed by atoms with Crippen molar-refractivity contribution >= 4 is 23.9 Å². The van der Waals surface area contributed by atoms with Crippen molar-refractivity contribution in [1.82, 2.24) is 20.2 Å². The lowest BCUT2D eigenvalue weighted by atomic mass is 10.1. The number of methoxy groups -OCH3 is 3. The van der Waals surface area contributed by atoms with Crippen LogP contribution < -0.4 is 19.6 Å². The Balaban J connectivity index is 1.60. The summed E-state index contributed by atoms with van der Waals surface area (Å²) in [7, 11) is 4.63. The highest BCUT2D eigenvalue weighted by Crippen LogP contribution is 2.41. The number of para-hydroxylation sites is 2. The highest BCUT2D eigenvalue weighted by atomic mass is 32.2. The maximum Gasteiger partial charge on any atom is 0.250 e. The van der Waals surface area contributed by atoms with Crippen LogP contribution in [0.15, 0.2) is 77.0 Å². The number of aromatic nitrogens is 3. The van der Waals surface area contributed by atoms with Crippen molar-refractivity contribution < 1.29 is 24.1 Å². The van der Waals surface area contributed by atoms with Gasteiger partial charge >= 0.3 is 0 Å². The van der Waals surface area contributed by atoms with E-state index in [1.807, 2.05) is 34.9 Å². The van der Waals surface area contributed by atoms with Crippen molar-refractivity contribution in [3.8, 4) is 40.1 Å². The van der Waals surface area contributed by atoms with E-state index in [9.17, 15) is 9.90 Å². The average molecular weight is 520 g/mol. The van der Waals surface area contributed by atoms with Gasteiger partial charge in [0.05, 0.1) is 33.3 Å². The second kappa shape index (κ2) is 12.0. The Morgan fingerprint density at radius 2 is 1.68 bits per heavy atom. The maximum absolute atomic E-state index is 12.4. The predicted molar refractivity (Wildman–Crippen MR) is 141 cm³/mol. The van der Waals surface area contributed by atoms with Crippen LogP contribution >= 0.6 is 11.8 Å². The number of ether oxygens (including phenoxy) is 3. The van der Waals surface area contributed by atoms with Crippen LogP contribution in [0, 0.1) is 0 Å². The smallest absolute Gasteiger partial charge is 0.250 e. The second-order valence-corrected chi connectivity index (χ2v) is 8.47. The topological polar surface area (TPSA) is 120 Å². The number of benzene rings is 3. The number of nitrogens with one attached hydrogen (secondary N) is 1. The molecule has 37 heavy (non-hydrogen) atoms. The van der Waals surface area contributed by atoms with Crippen molar-refractivity contribution in [2.45, 2.75) is 5.16 Å². The largest absolute Gasteiger partial charge is 0.507 e. The molecule has 1 heterocycles. The third-order valence-corrected chi connectivity index (χ3v) is 6.16. The van der Waals surface area contributed by atoms with Gasteiger partial charge in [0.2, 0.25) is 5.75 Å². The van der Waals surface area contributed by atoms with E-state index in [-0.39, 0.29) is 17.4 Å². The van der Waals surface area contributed by atoms with Gasteiger partial charge in [0, 0.05) is 16.8 Å². The predicted octanol–water partition coefficient (Wildman–Crippen LogP) is 3.91. The number of phenols is 1. The lowest BCUT2D eigenvalue weighted by molar-refractivity contribution is -0.118. The van der Waals surface area contributed by atoms with Gasteiger partial charge < -0.3 is 19.3 Å². The number of hydrogen-bond donors (Lipinski definition) is 2. The molecule has 11 heteroatoms. The van der Waals surface area contributed by atoms with Crippen molar-refractivity contribution in [2.75, 3.05) is 27.1 Å². The van der Waals surface area contributed by atoms with Crippen LogP contribution in [-0.2, 0) is 4.79 Å². The lowest BCUT2D eigenvalue weighted by Gasteiger charge is -2.15. The zero-order valence-electron chi connectivity index (χ0n) is 20.4. The molecule has 190 valence electrons. The third-order valence-electron chi connectivity index (χ3n) is 5.23. The number of carbonyl (C=O) groups is 1. The fraction of sp³-hybridized carbons (Fsp3) is 0.154. The van der Waals surface area contributed by atoms with Gasteiger partial charge in [-0.3, -0.25) is 9.36 Å². The molecular weight excluding hydrogens is 494 g/mol. The van der Waals surface area contributed by atoms with Crippen LogP contribution in [0.4, 0.5) is 0 Å². The quantitative estimate of drug-likeness (QED) is 0.184. The first kappa shape index (κ1) is 25.6. The monoisotopic (exact) mass is 519 g/mol. The summed E-state index contributed by atoms with van der Waals surface area (Å²) in [4.78, 5) is 12.4. The number of aromatic hydroxyl groups is 1. The number of thioether (sulfide) groups is 1. The molecule has 0 atom stereocenters. The van der Waals surface area contributed by atoms with E-state index < -0.39 is 0 Å². The molecule has 10 nitrogen and oxygen atoms in total. The molecule has 0 spiro atoms. The van der Waals surface area contributed by atoms with Crippen LogP contribution in [0.5, 0.6) is 23.0 Å². The van der Waals surface area contributed by atoms with Gasteiger partial charge in [0.25, 0.3) is 5.91 Å². The van der Waals surface area contributed by atoms with Crippen LogP contribution in [0.25, 0.3) is 17.1 Å². The van der Waals surface area contributed by atoms with Gasteiger partial charge in [-0.1, -0.05) is 42.1 Å². The van der Waals surface area contributed by atoms with Crippen LogP contribution in [0.2, 0.25) is 0 Å². The number of hydrogen-bond acceptors (Lipinski definition) is 9. The molecule has 0 aliphatic carbocycles. The van der Waals surface area contributed by atoms with E-state index in [1.165, 1.54) is 18.0 Å². The Morgan fingerprint density at radius 3 is 2.32 bits per heavy atom. The lowest BCUT2D eigenvalue weighted by Crippen LogP contribution is -2.20. The van der Waals surface area contributed by atoms with Crippen molar-refractivity contribution in [2.24, 2.45) is 5.10 Å². The van der Waals surface area contributed by atoms with Gasteiger partial charge in [-0.2, -0.15) is 5.10 Å². The molecule has 4 rings (SSSR count). The Labute approximate surface area is 217 Å². The molecule has 1 amide bonds. The first-order valence-corrected chi connectivity index (χ1v) is 12.1. The summed E-state index contributed by atoms with van der Waals surface area (Å²) in [6.45, 7) is 0. The van der Waals surface area contributed by atoms with E-state index in [2.05, 4.69) is 20.7 Å². The zero-order chi connectivity index (χ0) is 26.2. The molecule has 0 aliphatic heterocycles. The minimum Gasteiger partial charge on any atom is -0.507 e. The molecule has 0 saturated heterocycles. The maximum atomic E-state index is 12.4. The molecule has 0 saturated carbocycles. The minimum atomic E-state index is -0.339. The summed E-state index contributed by atoms with van der Waals surface area (Å²) in [6, 6.07) is 19.9. The molecule has 4 aromatic rings. The summed E-state index contributed by atoms with van der Waals surface area (Å²) in [5, 5.41) is 23.0. The molecule has 3 aromatic carbocycles. The molecule has 0 unspecified atom stereocenters. The Hall–Kier alpha value is -4.51. The number of rotatable bonds is 10. The van der Waals surface area contributed by atoms with Crippen LogP contribution in [-0.4, -0.2) is 59.1 Å². The average Bonchev–Trinajstić information content (AvgIpc) is 3.36. The van der Waals surface area contributed by atoms with Crippen LogP contribution in [0.3, 0.4) is 0 Å². The Kier molecular flexibility index (Phi) is 8.26. The number of amides is 1. The van der Waals surface area contributed by atoms with Gasteiger partial charge in [-0.05, 0) is 36.4 Å². The Morgan fingerprint density at radius 1 is 1.00 bits per heavy atom. The number of nitrogens with zero attached hydrogens (tertiary/aromatic N) is 4. The molecular formula is C26H25N5O5S. The van der Waals surface area contributed by atoms with Gasteiger partial charge in [-0.15, -0.1) is 10.2 Å². The fourth-order valence-electron chi connectivity index (χ4n) is 3.50. The first-order chi connectivity index (χ1) is 18.0. The minimum absolute atomic E-state index is 0.0400. The summed E-state index contributed by atoms with van der Waals surface area (Å²) >= 11 is 1.21. The van der Waals surface area contributed by atoms with E-state index in [1.54, 1.807) is 57.7 Å². The molecule has 0 bridgehead atoms. The zero-order valence-corrected chi connectivity index (χ0v) is 21.2. The standard InChI is InChI=1S/C26H25N5O5S/c1-34-21-13-18(14-22(35-2)24(21)36-3)25-29-30-26(31(25)19-10-5-4-6-11-19)37-16-23(33)28-27-15-17-9-7-8-12-20(17)32/h4-15,32H,16H2,1-3H3,(H,28,33). The van der Waals surface area contributed by atoms with Crippen molar-refractivity contribution in [3.63, 3.8) is 0 Å².